The van der Waals surface area contributed by atoms with E-state index < -0.39 is 109 Å². The Balaban J connectivity index is 2.21. The first kappa shape index (κ1) is 42.1. The van der Waals surface area contributed by atoms with Crippen molar-refractivity contribution in [1.29, 1.82) is 0 Å². The summed E-state index contributed by atoms with van der Waals surface area (Å²) in [6, 6.07) is 7.20. The van der Waals surface area contributed by atoms with Crippen LogP contribution in [0.2, 0.25) is 0 Å². The third kappa shape index (κ3) is 14.8. The largest absolute Gasteiger partial charge is 0.508 e. The molecule has 0 saturated heterocycles. The van der Waals surface area contributed by atoms with E-state index in [1.165, 1.54) is 24.3 Å². The molecular weight excluding hydrogens is 682 g/mol. The number of carboxylic acid groups (broad SMARTS) is 2. The number of nitrogens with two attached hydrogens (primary N) is 2. The number of nitrogens with one attached hydrogen (secondary N) is 5. The van der Waals surface area contributed by atoms with E-state index in [0.29, 0.717) is 11.1 Å². The first-order valence-corrected chi connectivity index (χ1v) is 16.2. The quantitative estimate of drug-likeness (QED) is 0.0671. The van der Waals surface area contributed by atoms with Gasteiger partial charge in [0.05, 0.1) is 19.0 Å². The highest BCUT2D eigenvalue weighted by Gasteiger charge is 2.31. The fraction of sp³-hybridized carbons (Fsp3) is 0.412. The van der Waals surface area contributed by atoms with Gasteiger partial charge in [0.2, 0.25) is 35.4 Å². The van der Waals surface area contributed by atoms with E-state index in [9.17, 15) is 53.7 Å². The lowest BCUT2D eigenvalue weighted by molar-refractivity contribution is -0.143. The number of benzene rings is 2. The van der Waals surface area contributed by atoms with Gasteiger partial charge in [-0.1, -0.05) is 56.3 Å². The number of aromatic hydroxyl groups is 1. The Morgan fingerprint density at radius 2 is 1.25 bits per heavy atom. The van der Waals surface area contributed by atoms with Gasteiger partial charge >= 0.3 is 11.9 Å². The van der Waals surface area contributed by atoms with Gasteiger partial charge in [0.15, 0.2) is 0 Å². The molecule has 0 aliphatic heterocycles. The van der Waals surface area contributed by atoms with E-state index >= 15 is 0 Å². The number of aliphatic carboxylic acids is 2. The molecule has 0 aromatic heterocycles. The van der Waals surface area contributed by atoms with Crippen LogP contribution in [0.1, 0.15) is 44.2 Å². The van der Waals surface area contributed by atoms with E-state index in [4.69, 9.17) is 11.5 Å². The second-order valence-corrected chi connectivity index (χ2v) is 12.3. The van der Waals surface area contributed by atoms with Crippen molar-refractivity contribution in [2.45, 2.75) is 76.2 Å². The second-order valence-electron chi connectivity index (χ2n) is 12.3. The minimum absolute atomic E-state index is 0.0530. The lowest BCUT2D eigenvalue weighted by Crippen LogP contribution is -2.58. The first-order chi connectivity index (χ1) is 24.5. The van der Waals surface area contributed by atoms with Gasteiger partial charge in [-0.3, -0.25) is 33.6 Å². The number of phenols is 1. The standard InChI is InChI=1S/C34H45N7O11/c1-18(2)29(41-30(47)22(35)16-26(36)43)33(50)37-17-27(44)38-24(14-19-6-4-3-5-7-19)32(49)39-23(12-13-28(45)46)31(48)40-25(34(51)52)15-20-8-10-21(42)11-9-20/h3-11,18,22-25,29,42H,12-17,35H2,1-2H3,(H2,36,43)(H,37,50)(H,38,44)(H,39,49)(H,40,48)(H,41,47)(H,45,46)(H,51,52)/t22-,23-,24-,25-,29-/m0/s1. The monoisotopic (exact) mass is 727 g/mol. The highest BCUT2D eigenvalue weighted by atomic mass is 16.4. The summed E-state index contributed by atoms with van der Waals surface area (Å²) in [7, 11) is 0. The van der Waals surface area contributed by atoms with Gasteiger partial charge in [-0.05, 0) is 35.6 Å². The summed E-state index contributed by atoms with van der Waals surface area (Å²) >= 11 is 0. The Labute approximate surface area is 299 Å². The molecule has 0 bridgehead atoms. The van der Waals surface area contributed by atoms with Crippen LogP contribution in [0.4, 0.5) is 0 Å². The minimum atomic E-state index is -1.53. The molecule has 2 aromatic rings. The summed E-state index contributed by atoms with van der Waals surface area (Å²) in [4.78, 5) is 99.8. The summed E-state index contributed by atoms with van der Waals surface area (Å²) in [5.41, 5.74) is 11.8. The van der Waals surface area contributed by atoms with Crippen molar-refractivity contribution in [3.63, 3.8) is 0 Å². The maximum atomic E-state index is 13.6. The molecule has 0 radical (unpaired) electrons. The molecule has 282 valence electrons. The van der Waals surface area contributed by atoms with Crippen LogP contribution in [0.5, 0.6) is 5.75 Å². The zero-order valence-corrected chi connectivity index (χ0v) is 28.7. The van der Waals surface area contributed by atoms with E-state index in [2.05, 4.69) is 26.6 Å². The van der Waals surface area contributed by atoms with Gasteiger partial charge in [0, 0.05) is 19.3 Å². The normalized spacial score (nSPS) is 13.7. The van der Waals surface area contributed by atoms with Crippen molar-refractivity contribution in [2.75, 3.05) is 6.54 Å². The van der Waals surface area contributed by atoms with Crippen molar-refractivity contribution in [3.05, 3.63) is 65.7 Å². The Kier molecular flexibility index (Phi) is 16.7. The van der Waals surface area contributed by atoms with Gasteiger partial charge in [-0.25, -0.2) is 4.79 Å². The predicted octanol–water partition coefficient (Wildman–Crippen LogP) is -1.96. The summed E-state index contributed by atoms with van der Waals surface area (Å²) in [5.74, 6) is -8.35. The lowest BCUT2D eigenvalue weighted by Gasteiger charge is -2.25. The van der Waals surface area contributed by atoms with E-state index in [0.717, 1.165) is 0 Å². The summed E-state index contributed by atoms with van der Waals surface area (Å²) in [6.07, 6.45) is -1.74. The minimum Gasteiger partial charge on any atom is -0.508 e. The third-order valence-corrected chi connectivity index (χ3v) is 7.63. The number of primary amides is 1. The van der Waals surface area contributed by atoms with Gasteiger partial charge in [0.1, 0.15) is 29.9 Å². The van der Waals surface area contributed by atoms with Crippen LogP contribution in [0, 0.1) is 5.92 Å². The fourth-order valence-corrected chi connectivity index (χ4v) is 4.84. The predicted molar refractivity (Wildman–Crippen MR) is 184 cm³/mol. The van der Waals surface area contributed by atoms with Gasteiger partial charge in [-0.15, -0.1) is 0 Å². The van der Waals surface area contributed by atoms with Crippen LogP contribution in [-0.2, 0) is 51.2 Å². The Hall–Kier alpha value is -6.04. The van der Waals surface area contributed by atoms with Crippen molar-refractivity contribution in [3.8, 4) is 5.75 Å². The smallest absolute Gasteiger partial charge is 0.326 e. The molecule has 5 atom stereocenters. The molecule has 2 rings (SSSR count). The number of amides is 6. The van der Waals surface area contributed by atoms with Crippen LogP contribution in [0.25, 0.3) is 0 Å². The average molecular weight is 728 g/mol. The molecule has 0 saturated carbocycles. The molecule has 18 nitrogen and oxygen atoms in total. The molecule has 0 unspecified atom stereocenters. The van der Waals surface area contributed by atoms with Crippen LogP contribution >= 0.6 is 0 Å². The Morgan fingerprint density at radius 3 is 1.81 bits per heavy atom. The molecular formula is C34H45N7O11. The highest BCUT2D eigenvalue weighted by molar-refractivity contribution is 5.96. The summed E-state index contributed by atoms with van der Waals surface area (Å²) < 4.78 is 0. The summed E-state index contributed by atoms with van der Waals surface area (Å²) in [6.45, 7) is 2.59. The van der Waals surface area contributed by atoms with Crippen LogP contribution < -0.4 is 38.1 Å². The molecule has 6 amide bonds. The summed E-state index contributed by atoms with van der Waals surface area (Å²) in [5, 5.41) is 40.6. The van der Waals surface area contributed by atoms with Crippen molar-refractivity contribution < 1.29 is 53.7 Å². The number of phenolic OH excluding ortho intramolecular Hbond substituents is 1. The van der Waals surface area contributed by atoms with Gasteiger partial charge in [0.25, 0.3) is 0 Å². The van der Waals surface area contributed by atoms with E-state index in [1.54, 1.807) is 44.2 Å². The van der Waals surface area contributed by atoms with Crippen molar-refractivity contribution in [2.24, 2.45) is 17.4 Å². The SMILES string of the molecule is CC(C)[C@H](NC(=O)[C@@H](N)CC(N)=O)C(=O)NCC(=O)N[C@@H](Cc1ccccc1)C(=O)N[C@@H](CCC(=O)O)C(=O)N[C@@H](Cc1ccc(O)cc1)C(=O)O. The number of carboxylic acids is 2. The van der Waals surface area contributed by atoms with E-state index in [-0.39, 0.29) is 18.6 Å². The molecule has 0 fully saturated rings. The molecule has 0 heterocycles. The maximum Gasteiger partial charge on any atom is 0.326 e. The topological polar surface area (TPSA) is 309 Å². The van der Waals surface area contributed by atoms with Crippen LogP contribution in [-0.4, -0.2) is 99.5 Å². The zero-order chi connectivity index (χ0) is 39.0. The Morgan fingerprint density at radius 1 is 0.692 bits per heavy atom. The maximum absolute atomic E-state index is 13.6. The number of hydrogen-bond donors (Lipinski definition) is 10. The van der Waals surface area contributed by atoms with Gasteiger partial charge < -0.3 is 53.4 Å². The van der Waals surface area contributed by atoms with Crippen molar-refractivity contribution >= 4 is 47.4 Å². The Bertz CT molecular complexity index is 1590. The molecule has 18 heteroatoms. The fourth-order valence-electron chi connectivity index (χ4n) is 4.84. The number of rotatable bonds is 21. The van der Waals surface area contributed by atoms with Crippen LogP contribution in [0.3, 0.4) is 0 Å². The number of carbonyl (C=O) groups is 8. The molecule has 52 heavy (non-hydrogen) atoms. The molecule has 0 aliphatic rings. The van der Waals surface area contributed by atoms with Crippen LogP contribution in [0.15, 0.2) is 54.6 Å². The molecule has 0 aliphatic carbocycles. The highest BCUT2D eigenvalue weighted by Crippen LogP contribution is 2.12. The molecule has 12 N–H and O–H groups in total. The van der Waals surface area contributed by atoms with Crippen molar-refractivity contribution in [1.82, 2.24) is 26.6 Å². The average Bonchev–Trinajstić information content (AvgIpc) is 3.07. The van der Waals surface area contributed by atoms with E-state index in [1.807, 2.05) is 0 Å². The molecule has 2 aromatic carbocycles. The lowest BCUT2D eigenvalue weighted by atomic mass is 10.0. The third-order valence-electron chi connectivity index (χ3n) is 7.63. The second kappa shape index (κ2) is 20.6. The zero-order valence-electron chi connectivity index (χ0n) is 28.7. The first-order valence-electron chi connectivity index (χ1n) is 16.2. The number of hydrogen-bond acceptors (Lipinski definition) is 10. The van der Waals surface area contributed by atoms with Gasteiger partial charge in [-0.2, -0.15) is 0 Å². The molecule has 0 spiro atoms. The number of carbonyl (C=O) groups excluding carboxylic acids is 6.